The topological polar surface area (TPSA) is 41.6 Å². The van der Waals surface area contributed by atoms with Crippen molar-refractivity contribution in [2.24, 2.45) is 0 Å². The fourth-order valence-electron chi connectivity index (χ4n) is 3.15. The van der Waals surface area contributed by atoms with Crippen molar-refractivity contribution in [1.29, 1.82) is 0 Å². The maximum Gasteiger partial charge on any atom is 0.246 e. The highest BCUT2D eigenvalue weighted by atomic mass is 16.5. The molecule has 0 saturated carbocycles. The van der Waals surface area contributed by atoms with Gasteiger partial charge in [-0.3, -0.25) is 9.69 Å². The minimum Gasteiger partial charge on any atom is -0.379 e. The van der Waals surface area contributed by atoms with Gasteiger partial charge >= 0.3 is 0 Å². The molecule has 4 nitrogen and oxygen atoms in total. The first-order valence-electron chi connectivity index (χ1n) is 8.40. The van der Waals surface area contributed by atoms with E-state index < -0.39 is 0 Å². The Bertz CT molecular complexity index is 694. The number of carbonyl (C=O) groups is 1. The Morgan fingerprint density at radius 2 is 1.79 bits per heavy atom. The summed E-state index contributed by atoms with van der Waals surface area (Å²) in [5, 5.41) is 3.11. The van der Waals surface area contributed by atoms with Crippen molar-refractivity contribution < 1.29 is 9.53 Å². The van der Waals surface area contributed by atoms with Gasteiger partial charge < -0.3 is 10.1 Å². The zero-order valence-corrected chi connectivity index (χ0v) is 14.3. The maximum atomic E-state index is 13.1. The quantitative estimate of drug-likeness (QED) is 0.938. The summed E-state index contributed by atoms with van der Waals surface area (Å²) in [6.07, 6.45) is 0. The third-order valence-corrected chi connectivity index (χ3v) is 4.41. The number of hydrogen-bond acceptors (Lipinski definition) is 3. The fourth-order valence-corrected chi connectivity index (χ4v) is 3.15. The molecule has 1 N–H and O–H groups in total. The number of anilines is 1. The van der Waals surface area contributed by atoms with Crippen LogP contribution in [-0.2, 0) is 9.53 Å². The molecule has 3 rings (SSSR count). The molecule has 1 aliphatic heterocycles. The minimum absolute atomic E-state index is 0.00931. The second-order valence-corrected chi connectivity index (χ2v) is 6.27. The molecular weight excluding hydrogens is 300 g/mol. The number of morpholine rings is 1. The van der Waals surface area contributed by atoms with Gasteiger partial charge in [-0.25, -0.2) is 0 Å². The number of nitrogens with one attached hydrogen (secondary N) is 1. The molecule has 0 bridgehead atoms. The van der Waals surface area contributed by atoms with Gasteiger partial charge in [0.05, 0.1) is 13.2 Å². The monoisotopic (exact) mass is 324 g/mol. The summed E-state index contributed by atoms with van der Waals surface area (Å²) >= 11 is 0. The lowest BCUT2D eigenvalue weighted by molar-refractivity contribution is -0.123. The van der Waals surface area contributed by atoms with Crippen LogP contribution < -0.4 is 5.32 Å². The Morgan fingerprint density at radius 3 is 2.46 bits per heavy atom. The van der Waals surface area contributed by atoms with E-state index in [9.17, 15) is 4.79 Å². The summed E-state index contributed by atoms with van der Waals surface area (Å²) in [7, 11) is 0. The smallest absolute Gasteiger partial charge is 0.246 e. The molecule has 126 valence electrons. The lowest BCUT2D eigenvalue weighted by Gasteiger charge is -2.34. The van der Waals surface area contributed by atoms with Gasteiger partial charge in [-0.05, 0) is 31.0 Å². The summed E-state index contributed by atoms with van der Waals surface area (Å²) in [6.45, 7) is 6.94. The molecule has 1 unspecified atom stereocenters. The van der Waals surface area contributed by atoms with Gasteiger partial charge in [0, 0.05) is 18.8 Å². The average Bonchev–Trinajstić information content (AvgIpc) is 2.60. The molecule has 1 heterocycles. The number of benzene rings is 2. The van der Waals surface area contributed by atoms with Crippen LogP contribution in [0, 0.1) is 13.8 Å². The maximum absolute atomic E-state index is 13.1. The highest BCUT2D eigenvalue weighted by molar-refractivity contribution is 5.96. The standard InChI is InChI=1S/C20H24N2O2/c1-15-8-9-18(16(2)14-15)21-20(23)19(17-6-4-3-5-7-17)22-10-12-24-13-11-22/h3-9,14,19H,10-13H2,1-2H3,(H,21,23). The Labute approximate surface area is 143 Å². The molecule has 2 aromatic carbocycles. The first kappa shape index (κ1) is 16.7. The Hall–Kier alpha value is -2.17. The molecule has 4 heteroatoms. The van der Waals surface area contributed by atoms with Gasteiger partial charge in [0.2, 0.25) is 5.91 Å². The van der Waals surface area contributed by atoms with Crippen molar-refractivity contribution in [1.82, 2.24) is 4.90 Å². The lowest BCUT2D eigenvalue weighted by Crippen LogP contribution is -2.43. The third kappa shape index (κ3) is 3.83. The highest BCUT2D eigenvalue weighted by Crippen LogP contribution is 2.25. The molecular formula is C20H24N2O2. The van der Waals surface area contributed by atoms with E-state index in [1.807, 2.05) is 49.4 Å². The Kier molecular flexibility index (Phi) is 5.28. The van der Waals surface area contributed by atoms with Gasteiger partial charge in [0.15, 0.2) is 0 Å². The Morgan fingerprint density at radius 1 is 1.08 bits per heavy atom. The number of rotatable bonds is 4. The van der Waals surface area contributed by atoms with Crippen LogP contribution >= 0.6 is 0 Å². The summed E-state index contributed by atoms with van der Waals surface area (Å²) in [5.41, 5.74) is 4.16. The van der Waals surface area contributed by atoms with E-state index in [4.69, 9.17) is 4.74 Å². The van der Waals surface area contributed by atoms with Crippen molar-refractivity contribution in [3.8, 4) is 0 Å². The third-order valence-electron chi connectivity index (χ3n) is 4.41. The number of ether oxygens (including phenoxy) is 1. The number of hydrogen-bond donors (Lipinski definition) is 1. The van der Waals surface area contributed by atoms with Gasteiger partial charge in [0.25, 0.3) is 0 Å². The van der Waals surface area contributed by atoms with Gasteiger partial charge in [-0.1, -0.05) is 48.0 Å². The number of carbonyl (C=O) groups excluding carboxylic acids is 1. The first-order chi connectivity index (χ1) is 11.6. The fraction of sp³-hybridized carbons (Fsp3) is 0.350. The summed E-state index contributed by atoms with van der Waals surface area (Å²) in [5.74, 6) is 0.00931. The summed E-state index contributed by atoms with van der Waals surface area (Å²) in [4.78, 5) is 15.2. The van der Waals surface area contributed by atoms with E-state index in [1.165, 1.54) is 5.56 Å². The first-order valence-corrected chi connectivity index (χ1v) is 8.40. The second kappa shape index (κ2) is 7.60. The molecule has 1 saturated heterocycles. The molecule has 0 radical (unpaired) electrons. The van der Waals surface area contributed by atoms with Crippen LogP contribution in [0.15, 0.2) is 48.5 Å². The zero-order valence-electron chi connectivity index (χ0n) is 14.3. The molecule has 0 spiro atoms. The minimum atomic E-state index is -0.296. The van der Waals surface area contributed by atoms with Crippen molar-refractivity contribution in [3.05, 3.63) is 65.2 Å². The van der Waals surface area contributed by atoms with E-state index in [1.54, 1.807) is 0 Å². The van der Waals surface area contributed by atoms with Crippen LogP contribution in [0.25, 0.3) is 0 Å². The van der Waals surface area contributed by atoms with Crippen molar-refractivity contribution in [2.45, 2.75) is 19.9 Å². The Balaban J connectivity index is 1.85. The normalized spacial score (nSPS) is 16.6. The van der Waals surface area contributed by atoms with Crippen LogP contribution in [0.3, 0.4) is 0 Å². The van der Waals surface area contributed by atoms with Crippen LogP contribution in [-0.4, -0.2) is 37.1 Å². The molecule has 24 heavy (non-hydrogen) atoms. The molecule has 0 aromatic heterocycles. The van der Waals surface area contributed by atoms with E-state index in [0.717, 1.165) is 29.9 Å². The molecule has 0 aliphatic carbocycles. The summed E-state index contributed by atoms with van der Waals surface area (Å²) in [6, 6.07) is 15.8. The van der Waals surface area contributed by atoms with Crippen LogP contribution in [0.2, 0.25) is 0 Å². The number of nitrogens with zero attached hydrogens (tertiary/aromatic N) is 1. The average molecular weight is 324 g/mol. The SMILES string of the molecule is Cc1ccc(NC(=O)C(c2ccccc2)N2CCOCC2)c(C)c1. The van der Waals surface area contributed by atoms with Gasteiger partial charge in [0.1, 0.15) is 6.04 Å². The van der Waals surface area contributed by atoms with E-state index in [-0.39, 0.29) is 11.9 Å². The van der Waals surface area contributed by atoms with Crippen molar-refractivity contribution in [3.63, 3.8) is 0 Å². The highest BCUT2D eigenvalue weighted by Gasteiger charge is 2.29. The van der Waals surface area contributed by atoms with Crippen molar-refractivity contribution >= 4 is 11.6 Å². The second-order valence-electron chi connectivity index (χ2n) is 6.27. The van der Waals surface area contributed by atoms with E-state index in [2.05, 4.69) is 23.2 Å². The van der Waals surface area contributed by atoms with Crippen LogP contribution in [0.5, 0.6) is 0 Å². The van der Waals surface area contributed by atoms with Gasteiger partial charge in [-0.15, -0.1) is 0 Å². The largest absolute Gasteiger partial charge is 0.379 e. The molecule has 1 fully saturated rings. The van der Waals surface area contributed by atoms with Crippen molar-refractivity contribution in [2.75, 3.05) is 31.6 Å². The zero-order chi connectivity index (χ0) is 16.9. The molecule has 1 aliphatic rings. The predicted molar refractivity (Wildman–Crippen MR) is 96.1 cm³/mol. The number of aryl methyl sites for hydroxylation is 2. The van der Waals surface area contributed by atoms with E-state index >= 15 is 0 Å². The lowest BCUT2D eigenvalue weighted by atomic mass is 10.0. The number of amides is 1. The molecule has 2 aromatic rings. The van der Waals surface area contributed by atoms with E-state index in [0.29, 0.717) is 13.2 Å². The van der Waals surface area contributed by atoms with Gasteiger partial charge in [-0.2, -0.15) is 0 Å². The van der Waals surface area contributed by atoms with Crippen LogP contribution in [0.1, 0.15) is 22.7 Å². The summed E-state index contributed by atoms with van der Waals surface area (Å²) < 4.78 is 5.44. The molecule has 1 amide bonds. The predicted octanol–water partition coefficient (Wildman–Crippen LogP) is 3.32. The molecule has 1 atom stereocenters. The van der Waals surface area contributed by atoms with Crippen LogP contribution in [0.4, 0.5) is 5.69 Å².